The monoisotopic (exact) mass is 218 g/mol. The lowest BCUT2D eigenvalue weighted by Crippen LogP contribution is -2.01. The Morgan fingerprint density at radius 2 is 2.31 bits per heavy atom. The number of rotatable bonds is 2. The van der Waals surface area contributed by atoms with Crippen molar-refractivity contribution in [3.8, 4) is 0 Å². The number of carbonyl (C=O) groups excluding carboxylic acids is 1. The molecule has 1 N–H and O–H groups in total. The summed E-state index contributed by atoms with van der Waals surface area (Å²) in [6.07, 6.45) is 0. The molecular weight excluding hydrogens is 212 g/mol. The molecule has 0 bridgehead atoms. The fourth-order valence-corrected chi connectivity index (χ4v) is 1.45. The van der Waals surface area contributed by atoms with Gasteiger partial charge in [-0.15, -0.1) is 0 Å². The van der Waals surface area contributed by atoms with Gasteiger partial charge >= 0.3 is 5.97 Å². The number of hydrogen-bond donors (Lipinski definition) is 1. The second kappa shape index (κ2) is 4.50. The molecule has 1 aromatic carbocycles. The highest BCUT2D eigenvalue weighted by molar-refractivity contribution is 7.93. The first kappa shape index (κ1) is 10.4. The smallest absolute Gasteiger partial charge is 0.339 e. The minimum absolute atomic E-state index is 0.269. The van der Waals surface area contributed by atoms with Gasteiger partial charge in [0, 0.05) is 16.9 Å². The molecule has 0 atom stereocenters. The lowest BCUT2D eigenvalue weighted by Gasteiger charge is -2.02. The van der Waals surface area contributed by atoms with Gasteiger partial charge in [0.15, 0.2) is 0 Å². The van der Waals surface area contributed by atoms with Gasteiger partial charge in [0.05, 0.1) is 17.7 Å². The van der Waals surface area contributed by atoms with Crippen LogP contribution in [0.1, 0.15) is 10.4 Å². The topological polar surface area (TPSA) is 46.5 Å². The van der Waals surface area contributed by atoms with E-state index in [-0.39, 0.29) is 5.02 Å². The van der Waals surface area contributed by atoms with E-state index < -0.39 is 5.97 Å². The van der Waals surface area contributed by atoms with E-state index in [1.165, 1.54) is 19.2 Å². The Kier molecular flexibility index (Phi) is 3.59. The summed E-state index contributed by atoms with van der Waals surface area (Å²) in [5, 5.41) is 0.269. The van der Waals surface area contributed by atoms with Gasteiger partial charge in [-0.05, 0) is 18.2 Å². The summed E-state index contributed by atoms with van der Waals surface area (Å²) in [5.74, 6) is -0.487. The molecule has 0 unspecified atom stereocenters. The third-order valence-corrected chi connectivity index (χ3v) is 2.23. The maximum atomic E-state index is 11.1. The molecule has 0 fully saturated rings. The second-order valence-corrected chi connectivity index (χ2v) is 3.29. The van der Waals surface area contributed by atoms with Crippen molar-refractivity contribution in [3.63, 3.8) is 0 Å². The largest absolute Gasteiger partial charge is 0.465 e. The highest BCUT2D eigenvalue weighted by atomic mass is 35.5. The van der Waals surface area contributed by atoms with Crippen LogP contribution in [0.4, 0.5) is 0 Å². The third-order valence-electron chi connectivity index (χ3n) is 1.45. The predicted octanol–water partition coefficient (Wildman–Crippen LogP) is 2.69. The SMILES string of the molecule is COC(=O)c1ccc(SO)cc1Cl. The van der Waals surface area contributed by atoms with Gasteiger partial charge in [-0.1, -0.05) is 11.6 Å². The van der Waals surface area contributed by atoms with Crippen LogP contribution in [0.2, 0.25) is 5.02 Å². The van der Waals surface area contributed by atoms with Gasteiger partial charge in [0.1, 0.15) is 0 Å². The zero-order valence-corrected chi connectivity index (χ0v) is 8.35. The summed E-state index contributed by atoms with van der Waals surface area (Å²) in [6, 6.07) is 4.59. The summed E-state index contributed by atoms with van der Waals surface area (Å²) >= 11 is 6.33. The zero-order valence-electron chi connectivity index (χ0n) is 6.78. The summed E-state index contributed by atoms with van der Waals surface area (Å²) in [7, 11) is 1.29. The van der Waals surface area contributed by atoms with Crippen molar-refractivity contribution in [1.29, 1.82) is 0 Å². The highest BCUT2D eigenvalue weighted by Gasteiger charge is 2.10. The maximum absolute atomic E-state index is 11.1. The van der Waals surface area contributed by atoms with E-state index in [4.69, 9.17) is 16.2 Å². The van der Waals surface area contributed by atoms with Gasteiger partial charge < -0.3 is 9.29 Å². The van der Waals surface area contributed by atoms with Crippen molar-refractivity contribution in [2.75, 3.05) is 7.11 Å². The Bertz CT molecular complexity index is 327. The quantitative estimate of drug-likeness (QED) is 0.613. The van der Waals surface area contributed by atoms with E-state index in [1.807, 2.05) is 0 Å². The lowest BCUT2D eigenvalue weighted by molar-refractivity contribution is 0.0601. The summed E-state index contributed by atoms with van der Waals surface area (Å²) in [5.41, 5.74) is 0.293. The molecule has 0 radical (unpaired) electrons. The first-order valence-electron chi connectivity index (χ1n) is 3.38. The lowest BCUT2D eigenvalue weighted by atomic mass is 10.2. The molecule has 70 valence electrons. The molecule has 0 aliphatic rings. The number of benzene rings is 1. The summed E-state index contributed by atoms with van der Waals surface area (Å²) in [4.78, 5) is 11.6. The van der Waals surface area contributed by atoms with E-state index in [0.29, 0.717) is 22.5 Å². The van der Waals surface area contributed by atoms with Crippen LogP contribution in [0.15, 0.2) is 23.1 Å². The molecule has 0 heterocycles. The molecular formula is C8H7ClO3S. The van der Waals surface area contributed by atoms with Crippen LogP contribution in [-0.4, -0.2) is 17.6 Å². The first-order chi connectivity index (χ1) is 6.19. The molecule has 0 aromatic heterocycles. The van der Waals surface area contributed by atoms with Crippen molar-refractivity contribution in [2.24, 2.45) is 0 Å². The van der Waals surface area contributed by atoms with Gasteiger partial charge in [-0.3, -0.25) is 0 Å². The number of hydrogen-bond acceptors (Lipinski definition) is 4. The van der Waals surface area contributed by atoms with Crippen molar-refractivity contribution in [3.05, 3.63) is 28.8 Å². The molecule has 5 heteroatoms. The van der Waals surface area contributed by atoms with Gasteiger partial charge in [0.2, 0.25) is 0 Å². The van der Waals surface area contributed by atoms with Crippen LogP contribution in [0.25, 0.3) is 0 Å². The molecule has 0 aliphatic heterocycles. The summed E-state index contributed by atoms with van der Waals surface area (Å²) in [6.45, 7) is 0. The van der Waals surface area contributed by atoms with Crippen LogP contribution in [0, 0.1) is 0 Å². The number of carbonyl (C=O) groups is 1. The van der Waals surface area contributed by atoms with E-state index >= 15 is 0 Å². The van der Waals surface area contributed by atoms with Crippen molar-refractivity contribution in [2.45, 2.75) is 4.90 Å². The van der Waals surface area contributed by atoms with Gasteiger partial charge in [-0.25, -0.2) is 4.79 Å². The van der Waals surface area contributed by atoms with Crippen LogP contribution in [-0.2, 0) is 4.74 Å². The van der Waals surface area contributed by atoms with Crippen LogP contribution in [0.3, 0.4) is 0 Å². The van der Waals surface area contributed by atoms with Crippen molar-refractivity contribution in [1.82, 2.24) is 0 Å². The Labute approximate surface area is 84.9 Å². The number of methoxy groups -OCH3 is 1. The van der Waals surface area contributed by atoms with Gasteiger partial charge in [0.25, 0.3) is 0 Å². The fraction of sp³-hybridized carbons (Fsp3) is 0.125. The number of ether oxygens (including phenoxy) is 1. The van der Waals surface area contributed by atoms with E-state index in [9.17, 15) is 4.79 Å². The Hall–Kier alpha value is -0.710. The molecule has 0 aliphatic carbocycles. The van der Waals surface area contributed by atoms with E-state index in [2.05, 4.69) is 4.74 Å². The molecule has 0 saturated heterocycles. The Balaban J connectivity index is 3.05. The minimum atomic E-state index is -0.487. The Morgan fingerprint density at radius 3 is 2.77 bits per heavy atom. The standard InChI is InChI=1S/C8H7ClO3S/c1-12-8(10)6-3-2-5(13-11)4-7(6)9/h2-4,11H,1H3. The van der Waals surface area contributed by atoms with Crippen LogP contribution >= 0.6 is 23.6 Å². The molecule has 3 nitrogen and oxygen atoms in total. The van der Waals surface area contributed by atoms with Crippen LogP contribution in [0.5, 0.6) is 0 Å². The molecule has 1 aromatic rings. The highest BCUT2D eigenvalue weighted by Crippen LogP contribution is 2.23. The maximum Gasteiger partial charge on any atom is 0.339 e. The normalized spacial score (nSPS) is 9.77. The second-order valence-electron chi connectivity index (χ2n) is 2.22. The molecule has 0 amide bonds. The third kappa shape index (κ3) is 2.37. The average molecular weight is 219 g/mol. The van der Waals surface area contributed by atoms with Crippen molar-refractivity contribution < 1.29 is 14.1 Å². The number of esters is 1. The average Bonchev–Trinajstić information content (AvgIpc) is 2.16. The van der Waals surface area contributed by atoms with Gasteiger partial charge in [-0.2, -0.15) is 0 Å². The minimum Gasteiger partial charge on any atom is -0.465 e. The fourth-order valence-electron chi connectivity index (χ4n) is 0.828. The van der Waals surface area contributed by atoms with E-state index in [1.54, 1.807) is 6.07 Å². The van der Waals surface area contributed by atoms with Crippen molar-refractivity contribution >= 4 is 29.6 Å². The summed E-state index contributed by atoms with van der Waals surface area (Å²) < 4.78 is 13.2. The molecule has 1 rings (SSSR count). The predicted molar refractivity (Wildman–Crippen MR) is 51.3 cm³/mol. The Morgan fingerprint density at radius 1 is 1.62 bits per heavy atom. The number of halogens is 1. The molecule has 0 spiro atoms. The zero-order chi connectivity index (χ0) is 9.84. The molecule has 0 saturated carbocycles. The van der Waals surface area contributed by atoms with Crippen LogP contribution < -0.4 is 0 Å². The first-order valence-corrected chi connectivity index (χ1v) is 4.53. The van der Waals surface area contributed by atoms with E-state index in [0.717, 1.165) is 0 Å². The molecule has 13 heavy (non-hydrogen) atoms.